The van der Waals surface area contributed by atoms with Crippen molar-refractivity contribution in [3.8, 4) is 22.6 Å². The third-order valence-corrected chi connectivity index (χ3v) is 2.79. The number of rotatable bonds is 1. The van der Waals surface area contributed by atoms with Crippen LogP contribution in [0, 0.1) is 0 Å². The molecule has 0 fully saturated rings. The van der Waals surface area contributed by atoms with Crippen LogP contribution >= 0.6 is 0 Å². The summed E-state index contributed by atoms with van der Waals surface area (Å²) < 4.78 is 5.11. The Hall–Kier alpha value is -2.82. The minimum atomic E-state index is -0.550. The molecule has 2 heterocycles. The summed E-state index contributed by atoms with van der Waals surface area (Å²) in [5, 5.41) is 19.5. The Morgan fingerprint density at radius 2 is 2.00 bits per heavy atom. The van der Waals surface area contributed by atoms with E-state index in [0.717, 1.165) is 0 Å². The Balaban J connectivity index is 2.34. The van der Waals surface area contributed by atoms with Gasteiger partial charge >= 0.3 is 5.63 Å². The van der Waals surface area contributed by atoms with Crippen LogP contribution in [0.25, 0.3) is 22.1 Å². The van der Waals surface area contributed by atoms with E-state index in [1.165, 1.54) is 24.4 Å². The average Bonchev–Trinajstić information content (AvgIpc) is 2.38. The van der Waals surface area contributed by atoms with Crippen molar-refractivity contribution in [2.24, 2.45) is 0 Å². The summed E-state index contributed by atoms with van der Waals surface area (Å²) in [4.78, 5) is 15.8. The molecule has 3 rings (SSSR count). The molecule has 0 bridgehead atoms. The maximum absolute atomic E-state index is 11.9. The van der Waals surface area contributed by atoms with Gasteiger partial charge in [0.25, 0.3) is 0 Å². The summed E-state index contributed by atoms with van der Waals surface area (Å²) in [5.74, 6) is -0.314. The van der Waals surface area contributed by atoms with Gasteiger partial charge in [0, 0.05) is 30.1 Å². The van der Waals surface area contributed by atoms with Gasteiger partial charge in [-0.3, -0.25) is 4.98 Å². The van der Waals surface area contributed by atoms with Crippen molar-refractivity contribution in [3.05, 3.63) is 53.1 Å². The Morgan fingerprint density at radius 1 is 1.16 bits per heavy atom. The van der Waals surface area contributed by atoms with Crippen molar-refractivity contribution in [2.75, 3.05) is 0 Å². The van der Waals surface area contributed by atoms with Gasteiger partial charge in [0.1, 0.15) is 17.1 Å². The highest BCUT2D eigenvalue weighted by Crippen LogP contribution is 2.31. The minimum absolute atomic E-state index is 0.134. The lowest BCUT2D eigenvalue weighted by Gasteiger charge is -2.04. The number of fused-ring (bicyclic) bond motifs is 1. The van der Waals surface area contributed by atoms with Gasteiger partial charge in [-0.15, -0.1) is 0 Å². The Bertz CT molecular complexity index is 809. The standard InChI is InChI=1S/C14H9NO4/c16-9-4-12(17)11-6-10(8-2-1-3-15-7-8)14(18)19-13(11)5-9/h1-7,16-17H. The van der Waals surface area contributed by atoms with Crippen LogP contribution in [0.4, 0.5) is 0 Å². The third kappa shape index (κ3) is 1.91. The largest absolute Gasteiger partial charge is 0.508 e. The number of aromatic nitrogens is 1. The summed E-state index contributed by atoms with van der Waals surface area (Å²) in [6.45, 7) is 0. The van der Waals surface area contributed by atoms with Crippen molar-refractivity contribution in [1.82, 2.24) is 4.98 Å². The number of phenols is 2. The normalized spacial score (nSPS) is 10.7. The first-order valence-electron chi connectivity index (χ1n) is 5.55. The molecule has 0 saturated heterocycles. The van der Waals surface area contributed by atoms with Crippen LogP contribution in [-0.2, 0) is 0 Å². The van der Waals surface area contributed by atoms with E-state index in [9.17, 15) is 15.0 Å². The molecule has 0 radical (unpaired) electrons. The molecule has 19 heavy (non-hydrogen) atoms. The fourth-order valence-corrected chi connectivity index (χ4v) is 1.91. The van der Waals surface area contributed by atoms with Crippen LogP contribution in [0.5, 0.6) is 11.5 Å². The van der Waals surface area contributed by atoms with Crippen LogP contribution in [0.15, 0.2) is 51.9 Å². The molecule has 94 valence electrons. The van der Waals surface area contributed by atoms with E-state index < -0.39 is 5.63 Å². The molecule has 3 aromatic rings. The molecular weight excluding hydrogens is 246 g/mol. The van der Waals surface area contributed by atoms with Crippen molar-refractivity contribution in [3.63, 3.8) is 0 Å². The maximum Gasteiger partial charge on any atom is 0.344 e. The summed E-state index contributed by atoms with van der Waals surface area (Å²) in [7, 11) is 0. The summed E-state index contributed by atoms with van der Waals surface area (Å²) in [6.07, 6.45) is 3.14. The number of pyridine rings is 1. The molecule has 0 aliphatic carbocycles. The molecule has 0 atom stereocenters. The van der Waals surface area contributed by atoms with Crippen LogP contribution in [-0.4, -0.2) is 15.2 Å². The number of aromatic hydroxyl groups is 2. The zero-order valence-electron chi connectivity index (χ0n) is 9.70. The van der Waals surface area contributed by atoms with Crippen LogP contribution in [0.1, 0.15) is 0 Å². The molecule has 5 nitrogen and oxygen atoms in total. The second-order valence-electron chi connectivity index (χ2n) is 4.07. The number of phenolic OH excluding ortho intramolecular Hbond substituents is 2. The minimum Gasteiger partial charge on any atom is -0.508 e. The quantitative estimate of drug-likeness (QED) is 0.651. The van der Waals surface area contributed by atoms with Crippen molar-refractivity contribution in [2.45, 2.75) is 0 Å². The highest BCUT2D eigenvalue weighted by molar-refractivity contribution is 5.88. The van der Waals surface area contributed by atoms with E-state index in [1.807, 2.05) is 0 Å². The van der Waals surface area contributed by atoms with Crippen molar-refractivity contribution < 1.29 is 14.6 Å². The first kappa shape index (κ1) is 11.3. The summed E-state index contributed by atoms with van der Waals surface area (Å²) in [6, 6.07) is 7.42. The predicted molar refractivity (Wildman–Crippen MR) is 69.0 cm³/mol. The van der Waals surface area contributed by atoms with Gasteiger partial charge in [-0.2, -0.15) is 0 Å². The van der Waals surface area contributed by atoms with Crippen molar-refractivity contribution in [1.29, 1.82) is 0 Å². The molecule has 0 aliphatic heterocycles. The lowest BCUT2D eigenvalue weighted by Crippen LogP contribution is -2.02. The molecule has 0 unspecified atom stereocenters. The van der Waals surface area contributed by atoms with Gasteiger partial charge < -0.3 is 14.6 Å². The van der Waals surface area contributed by atoms with E-state index in [4.69, 9.17) is 4.42 Å². The highest BCUT2D eigenvalue weighted by Gasteiger charge is 2.11. The maximum atomic E-state index is 11.9. The lowest BCUT2D eigenvalue weighted by atomic mass is 10.1. The molecule has 0 spiro atoms. The molecule has 2 aromatic heterocycles. The molecule has 5 heteroatoms. The number of benzene rings is 1. The van der Waals surface area contributed by atoms with Crippen molar-refractivity contribution >= 4 is 11.0 Å². The number of hydrogen-bond acceptors (Lipinski definition) is 5. The van der Waals surface area contributed by atoms with Crippen LogP contribution in [0.3, 0.4) is 0 Å². The average molecular weight is 255 g/mol. The van der Waals surface area contributed by atoms with Gasteiger partial charge in [0.15, 0.2) is 0 Å². The van der Waals surface area contributed by atoms with Crippen LogP contribution in [0.2, 0.25) is 0 Å². The van der Waals surface area contributed by atoms with Gasteiger partial charge in [0.2, 0.25) is 0 Å². The van der Waals surface area contributed by atoms with E-state index in [1.54, 1.807) is 18.3 Å². The van der Waals surface area contributed by atoms with Gasteiger partial charge in [-0.05, 0) is 12.1 Å². The topological polar surface area (TPSA) is 83.6 Å². The number of hydrogen-bond donors (Lipinski definition) is 2. The third-order valence-electron chi connectivity index (χ3n) is 2.79. The molecule has 2 N–H and O–H groups in total. The SMILES string of the molecule is O=c1oc2cc(O)cc(O)c2cc1-c1cccnc1. The monoisotopic (exact) mass is 255 g/mol. The molecule has 0 saturated carbocycles. The fourth-order valence-electron chi connectivity index (χ4n) is 1.91. The molecular formula is C14H9NO4. The molecule has 0 aliphatic rings. The fraction of sp³-hybridized carbons (Fsp3) is 0. The lowest BCUT2D eigenvalue weighted by molar-refractivity contribution is 0.451. The van der Waals surface area contributed by atoms with E-state index >= 15 is 0 Å². The highest BCUT2D eigenvalue weighted by atomic mass is 16.4. The van der Waals surface area contributed by atoms with E-state index in [-0.39, 0.29) is 17.1 Å². The van der Waals surface area contributed by atoms with Crippen LogP contribution < -0.4 is 5.63 Å². The predicted octanol–water partition coefficient (Wildman–Crippen LogP) is 2.27. The second-order valence-corrected chi connectivity index (χ2v) is 4.07. The Labute approximate surface area is 107 Å². The summed E-state index contributed by atoms with van der Waals surface area (Å²) >= 11 is 0. The Kier molecular flexibility index (Phi) is 2.45. The second kappa shape index (κ2) is 4.13. The smallest absolute Gasteiger partial charge is 0.344 e. The first-order valence-corrected chi connectivity index (χ1v) is 5.55. The van der Waals surface area contributed by atoms with E-state index in [0.29, 0.717) is 16.5 Å². The Morgan fingerprint density at radius 3 is 2.74 bits per heavy atom. The first-order chi connectivity index (χ1) is 9.15. The van der Waals surface area contributed by atoms with Gasteiger partial charge in [-0.25, -0.2) is 4.79 Å². The summed E-state index contributed by atoms with van der Waals surface area (Å²) in [5.41, 5.74) is 0.493. The zero-order valence-corrected chi connectivity index (χ0v) is 9.70. The zero-order chi connectivity index (χ0) is 13.4. The number of nitrogens with zero attached hydrogens (tertiary/aromatic N) is 1. The van der Waals surface area contributed by atoms with Gasteiger partial charge in [-0.1, -0.05) is 6.07 Å². The van der Waals surface area contributed by atoms with Gasteiger partial charge in [0.05, 0.1) is 10.9 Å². The molecule has 0 amide bonds. The van der Waals surface area contributed by atoms with E-state index in [2.05, 4.69) is 4.98 Å². The molecule has 1 aromatic carbocycles.